The van der Waals surface area contributed by atoms with Crippen LogP contribution in [0.2, 0.25) is 0 Å². The summed E-state index contributed by atoms with van der Waals surface area (Å²) in [4.78, 5) is 22.8. The molecule has 1 aromatic carbocycles. The fourth-order valence-electron chi connectivity index (χ4n) is 2.46. The highest BCUT2D eigenvalue weighted by molar-refractivity contribution is 5.90. The number of pyridine rings is 1. The van der Waals surface area contributed by atoms with E-state index >= 15 is 0 Å². The van der Waals surface area contributed by atoms with Crippen LogP contribution in [0.5, 0.6) is 0 Å². The molecular formula is C18H18FN5O. The summed E-state index contributed by atoms with van der Waals surface area (Å²) in [7, 11) is 1.69. The number of carbonyl (C=O) groups excluding carboxylic acids is 1. The van der Waals surface area contributed by atoms with Crippen LogP contribution < -0.4 is 0 Å². The molecule has 1 unspecified atom stereocenters. The number of hydrogen-bond acceptors (Lipinski definition) is 4. The van der Waals surface area contributed by atoms with E-state index in [1.165, 1.54) is 16.8 Å². The second-order valence-corrected chi connectivity index (χ2v) is 5.72. The SMILES string of the molecule is Cc1nc(C(=O)N(C)C(C)c2ccccn2)nn1-c1ccc(F)cc1. The summed E-state index contributed by atoms with van der Waals surface area (Å²) in [6.07, 6.45) is 1.69. The molecular weight excluding hydrogens is 321 g/mol. The van der Waals surface area contributed by atoms with E-state index < -0.39 is 0 Å². The Morgan fingerprint density at radius 3 is 2.56 bits per heavy atom. The maximum Gasteiger partial charge on any atom is 0.293 e. The molecule has 7 heteroatoms. The predicted molar refractivity (Wildman–Crippen MR) is 90.8 cm³/mol. The van der Waals surface area contributed by atoms with Gasteiger partial charge in [-0.05, 0) is 50.2 Å². The summed E-state index contributed by atoms with van der Waals surface area (Å²) in [6, 6.07) is 11.2. The number of aromatic nitrogens is 4. The number of benzene rings is 1. The lowest BCUT2D eigenvalue weighted by atomic mass is 10.2. The maximum absolute atomic E-state index is 13.1. The van der Waals surface area contributed by atoms with E-state index in [-0.39, 0.29) is 23.6 Å². The molecule has 0 spiro atoms. The van der Waals surface area contributed by atoms with Crippen molar-refractivity contribution in [3.05, 3.63) is 71.8 Å². The second kappa shape index (κ2) is 6.80. The molecule has 6 nitrogen and oxygen atoms in total. The van der Waals surface area contributed by atoms with E-state index in [1.54, 1.807) is 37.2 Å². The lowest BCUT2D eigenvalue weighted by molar-refractivity contribution is 0.0727. The highest BCUT2D eigenvalue weighted by Gasteiger charge is 2.24. The summed E-state index contributed by atoms with van der Waals surface area (Å²) < 4.78 is 14.6. The van der Waals surface area contributed by atoms with Crippen molar-refractivity contribution in [3.8, 4) is 5.69 Å². The molecule has 0 radical (unpaired) electrons. The third-order valence-corrected chi connectivity index (χ3v) is 4.05. The predicted octanol–water partition coefficient (Wildman–Crippen LogP) is 2.94. The van der Waals surface area contributed by atoms with E-state index in [9.17, 15) is 9.18 Å². The van der Waals surface area contributed by atoms with Crippen LogP contribution in [0.1, 0.15) is 35.1 Å². The van der Waals surface area contributed by atoms with E-state index in [2.05, 4.69) is 15.1 Å². The average molecular weight is 339 g/mol. The molecule has 0 aliphatic heterocycles. The number of amides is 1. The van der Waals surface area contributed by atoms with Crippen molar-refractivity contribution >= 4 is 5.91 Å². The second-order valence-electron chi connectivity index (χ2n) is 5.72. The molecule has 25 heavy (non-hydrogen) atoms. The van der Waals surface area contributed by atoms with Crippen LogP contribution in [-0.4, -0.2) is 37.6 Å². The van der Waals surface area contributed by atoms with E-state index in [0.29, 0.717) is 11.5 Å². The number of carbonyl (C=O) groups is 1. The summed E-state index contributed by atoms with van der Waals surface area (Å²) in [5.41, 5.74) is 1.43. The summed E-state index contributed by atoms with van der Waals surface area (Å²) >= 11 is 0. The Labute approximate surface area is 145 Å². The van der Waals surface area contributed by atoms with Crippen LogP contribution in [0.25, 0.3) is 5.69 Å². The van der Waals surface area contributed by atoms with Gasteiger partial charge in [-0.1, -0.05) is 6.07 Å². The molecule has 0 N–H and O–H groups in total. The van der Waals surface area contributed by atoms with Gasteiger partial charge in [0.05, 0.1) is 17.4 Å². The number of hydrogen-bond donors (Lipinski definition) is 0. The monoisotopic (exact) mass is 339 g/mol. The molecule has 2 aromatic heterocycles. The third kappa shape index (κ3) is 3.40. The summed E-state index contributed by atoms with van der Waals surface area (Å²) in [6.45, 7) is 3.64. The van der Waals surface area contributed by atoms with Crippen molar-refractivity contribution in [2.24, 2.45) is 0 Å². The molecule has 0 aliphatic carbocycles. The van der Waals surface area contributed by atoms with Crippen LogP contribution in [0.4, 0.5) is 4.39 Å². The van der Waals surface area contributed by atoms with Crippen LogP contribution in [0, 0.1) is 12.7 Å². The Balaban J connectivity index is 1.85. The molecule has 3 rings (SSSR count). The Bertz CT molecular complexity index is 876. The Morgan fingerprint density at radius 2 is 1.92 bits per heavy atom. The molecule has 2 heterocycles. The smallest absolute Gasteiger partial charge is 0.293 e. The van der Waals surface area contributed by atoms with Crippen molar-refractivity contribution in [1.82, 2.24) is 24.6 Å². The zero-order chi connectivity index (χ0) is 18.0. The first kappa shape index (κ1) is 16.8. The molecule has 0 saturated carbocycles. The molecule has 0 aliphatic rings. The minimum Gasteiger partial charge on any atom is -0.331 e. The standard InChI is InChI=1S/C18H18FN5O/c1-12(16-6-4-5-11-20-16)23(3)18(25)17-21-13(2)24(22-17)15-9-7-14(19)8-10-15/h4-12H,1-3H3. The van der Waals surface area contributed by atoms with Gasteiger partial charge in [0.1, 0.15) is 11.6 Å². The summed E-state index contributed by atoms with van der Waals surface area (Å²) in [5, 5.41) is 4.28. The van der Waals surface area contributed by atoms with Gasteiger partial charge in [0.25, 0.3) is 5.91 Å². The van der Waals surface area contributed by atoms with E-state index in [1.807, 2.05) is 25.1 Å². The Kier molecular flexibility index (Phi) is 4.56. The minimum atomic E-state index is -0.332. The van der Waals surface area contributed by atoms with Gasteiger partial charge in [-0.15, -0.1) is 5.10 Å². The lowest BCUT2D eigenvalue weighted by Crippen LogP contribution is -2.31. The maximum atomic E-state index is 13.1. The Hall–Kier alpha value is -3.09. The molecule has 1 amide bonds. The first-order valence-electron chi connectivity index (χ1n) is 7.85. The molecule has 128 valence electrons. The van der Waals surface area contributed by atoms with Crippen molar-refractivity contribution < 1.29 is 9.18 Å². The summed E-state index contributed by atoms with van der Waals surface area (Å²) in [5.74, 6) is 0.00445. The van der Waals surface area contributed by atoms with Crippen LogP contribution in [0.15, 0.2) is 48.7 Å². The highest BCUT2D eigenvalue weighted by atomic mass is 19.1. The normalized spacial score (nSPS) is 12.0. The third-order valence-electron chi connectivity index (χ3n) is 4.05. The van der Waals surface area contributed by atoms with Gasteiger partial charge in [0, 0.05) is 13.2 Å². The number of nitrogens with zero attached hydrogens (tertiary/aromatic N) is 5. The molecule has 3 aromatic rings. The van der Waals surface area contributed by atoms with E-state index in [4.69, 9.17) is 0 Å². The van der Waals surface area contributed by atoms with Gasteiger partial charge in [-0.25, -0.2) is 14.1 Å². The first-order valence-corrected chi connectivity index (χ1v) is 7.85. The van der Waals surface area contributed by atoms with Gasteiger partial charge in [-0.3, -0.25) is 9.78 Å². The number of aryl methyl sites for hydroxylation is 1. The zero-order valence-electron chi connectivity index (χ0n) is 14.2. The quantitative estimate of drug-likeness (QED) is 0.733. The van der Waals surface area contributed by atoms with Gasteiger partial charge in [0.2, 0.25) is 5.82 Å². The van der Waals surface area contributed by atoms with Crippen molar-refractivity contribution in [1.29, 1.82) is 0 Å². The fraction of sp³-hybridized carbons (Fsp3) is 0.222. The van der Waals surface area contributed by atoms with Gasteiger partial charge in [0.15, 0.2) is 0 Å². The largest absolute Gasteiger partial charge is 0.331 e. The van der Waals surface area contributed by atoms with Crippen molar-refractivity contribution in [3.63, 3.8) is 0 Å². The van der Waals surface area contributed by atoms with Crippen molar-refractivity contribution in [2.45, 2.75) is 19.9 Å². The van der Waals surface area contributed by atoms with Crippen molar-refractivity contribution in [2.75, 3.05) is 7.05 Å². The van der Waals surface area contributed by atoms with Crippen LogP contribution in [-0.2, 0) is 0 Å². The van der Waals surface area contributed by atoms with E-state index in [0.717, 1.165) is 5.69 Å². The minimum absolute atomic E-state index is 0.0899. The van der Waals surface area contributed by atoms with Gasteiger partial charge >= 0.3 is 0 Å². The lowest BCUT2D eigenvalue weighted by Gasteiger charge is -2.23. The van der Waals surface area contributed by atoms with Gasteiger partial charge in [-0.2, -0.15) is 0 Å². The first-order chi connectivity index (χ1) is 12.0. The zero-order valence-corrected chi connectivity index (χ0v) is 14.2. The van der Waals surface area contributed by atoms with Crippen LogP contribution in [0.3, 0.4) is 0 Å². The number of halogens is 1. The number of rotatable bonds is 4. The molecule has 0 fully saturated rings. The van der Waals surface area contributed by atoms with Gasteiger partial charge < -0.3 is 4.90 Å². The molecule has 0 saturated heterocycles. The fourth-order valence-corrected chi connectivity index (χ4v) is 2.46. The molecule has 1 atom stereocenters. The topological polar surface area (TPSA) is 63.9 Å². The Morgan fingerprint density at radius 1 is 1.20 bits per heavy atom. The average Bonchev–Trinajstić information content (AvgIpc) is 3.03. The highest BCUT2D eigenvalue weighted by Crippen LogP contribution is 2.18. The molecule has 0 bridgehead atoms. The van der Waals surface area contributed by atoms with Crippen LogP contribution >= 0.6 is 0 Å².